The number of amides is 1. The number of benzene rings is 1. The first-order valence-electron chi connectivity index (χ1n) is 6.88. The number of rotatable bonds is 0. The van der Waals surface area contributed by atoms with Gasteiger partial charge in [-0.05, 0) is 18.2 Å². The molecule has 0 fully saturated rings. The highest BCUT2D eigenvalue weighted by Crippen LogP contribution is 2.16. The zero-order chi connectivity index (χ0) is 15.8. The van der Waals surface area contributed by atoms with Crippen molar-refractivity contribution in [2.75, 3.05) is 0 Å². The number of fused-ring (bicyclic) bond motifs is 3. The Hall–Kier alpha value is -3.48. The summed E-state index contributed by atoms with van der Waals surface area (Å²) < 4.78 is 7.50. The number of hydrogen-bond donors (Lipinski definition) is 2. The molecule has 1 amide bonds. The van der Waals surface area contributed by atoms with E-state index in [0.717, 1.165) is 21.2 Å². The van der Waals surface area contributed by atoms with Gasteiger partial charge >= 0.3 is 6.09 Å². The van der Waals surface area contributed by atoms with Gasteiger partial charge in [0.05, 0.1) is 23.6 Å². The van der Waals surface area contributed by atoms with Crippen molar-refractivity contribution in [3.05, 3.63) is 47.4 Å². The summed E-state index contributed by atoms with van der Waals surface area (Å²) in [5, 5.41) is 14.5. The molecule has 0 spiro atoms. The second-order valence-electron chi connectivity index (χ2n) is 5.02. The predicted molar refractivity (Wildman–Crippen MR) is 86.5 cm³/mol. The van der Waals surface area contributed by atoms with Crippen molar-refractivity contribution in [1.29, 1.82) is 0 Å². The lowest BCUT2D eigenvalue weighted by Gasteiger charge is -2.14. The molecule has 2 aliphatic rings. The molecule has 3 heterocycles. The normalized spacial score (nSPS) is 14.2. The Morgan fingerprint density at radius 2 is 2.22 bits per heavy atom. The van der Waals surface area contributed by atoms with Crippen molar-refractivity contribution in [3.63, 3.8) is 0 Å². The molecule has 2 N–H and O–H groups in total. The van der Waals surface area contributed by atoms with E-state index < -0.39 is 6.09 Å². The van der Waals surface area contributed by atoms with E-state index in [1.54, 1.807) is 18.6 Å². The van der Waals surface area contributed by atoms with Crippen molar-refractivity contribution in [1.82, 2.24) is 14.8 Å². The van der Waals surface area contributed by atoms with E-state index in [1.807, 2.05) is 29.1 Å². The van der Waals surface area contributed by atoms with Gasteiger partial charge in [-0.3, -0.25) is 4.90 Å². The zero-order valence-electron chi connectivity index (χ0n) is 11.9. The Morgan fingerprint density at radius 3 is 3.09 bits per heavy atom. The number of hydrogen-bond acceptors (Lipinski definition) is 4. The van der Waals surface area contributed by atoms with E-state index in [1.165, 1.54) is 18.7 Å². The number of aliphatic imine (C=N–C) groups is 1. The SMILES string of the molecule is O=C(O)N1C=Cn2cc3cc4c(cc3occc2=C1)=CNC=N4. The van der Waals surface area contributed by atoms with Crippen LogP contribution in [-0.4, -0.2) is 27.0 Å². The van der Waals surface area contributed by atoms with Gasteiger partial charge in [-0.1, -0.05) is 0 Å². The van der Waals surface area contributed by atoms with Crippen LogP contribution in [0.2, 0.25) is 0 Å². The van der Waals surface area contributed by atoms with Crippen LogP contribution in [0.5, 0.6) is 0 Å². The summed E-state index contributed by atoms with van der Waals surface area (Å²) in [6.45, 7) is 0. The highest BCUT2D eigenvalue weighted by molar-refractivity contribution is 5.83. The van der Waals surface area contributed by atoms with Gasteiger partial charge in [0.1, 0.15) is 5.58 Å². The van der Waals surface area contributed by atoms with Crippen LogP contribution in [0.4, 0.5) is 10.5 Å². The molecule has 7 nitrogen and oxygen atoms in total. The summed E-state index contributed by atoms with van der Waals surface area (Å²) in [6.07, 6.45) is 10.5. The third kappa shape index (κ3) is 2.34. The second-order valence-corrected chi connectivity index (χ2v) is 5.02. The molecular formula is C16H12N4O3. The van der Waals surface area contributed by atoms with Crippen LogP contribution in [0.1, 0.15) is 0 Å². The molecule has 114 valence electrons. The van der Waals surface area contributed by atoms with Crippen molar-refractivity contribution in [2.45, 2.75) is 0 Å². The van der Waals surface area contributed by atoms with Crippen molar-refractivity contribution in [3.8, 4) is 0 Å². The van der Waals surface area contributed by atoms with E-state index in [2.05, 4.69) is 10.3 Å². The van der Waals surface area contributed by atoms with Crippen molar-refractivity contribution >= 4 is 47.7 Å². The fourth-order valence-electron chi connectivity index (χ4n) is 2.44. The predicted octanol–water partition coefficient (Wildman–Crippen LogP) is 1.52. The Labute approximate surface area is 130 Å². The lowest BCUT2D eigenvalue weighted by atomic mass is 10.2. The van der Waals surface area contributed by atoms with Crippen LogP contribution in [0, 0.1) is 0 Å². The van der Waals surface area contributed by atoms with E-state index >= 15 is 0 Å². The molecule has 0 saturated carbocycles. The third-order valence-corrected chi connectivity index (χ3v) is 3.57. The summed E-state index contributed by atoms with van der Waals surface area (Å²) >= 11 is 0. The standard InChI is InChI=1S/C16H12N4O3/c21-16(22)20-3-2-19-8-12-5-14-11(7-17-10-18-14)6-15(12)23-4-1-13(19)9-20/h1-10H,(H,17,18)(H,21,22). The van der Waals surface area contributed by atoms with Crippen LogP contribution in [0.25, 0.3) is 29.6 Å². The van der Waals surface area contributed by atoms with Crippen LogP contribution < -0.4 is 15.9 Å². The first-order chi connectivity index (χ1) is 11.2. The summed E-state index contributed by atoms with van der Waals surface area (Å²) in [6, 6.07) is 5.53. The fraction of sp³-hybridized carbons (Fsp3) is 0. The van der Waals surface area contributed by atoms with E-state index in [-0.39, 0.29) is 0 Å². The average Bonchev–Trinajstić information content (AvgIpc) is 2.54. The fourth-order valence-corrected chi connectivity index (χ4v) is 2.44. The molecule has 2 aliphatic heterocycles. The van der Waals surface area contributed by atoms with E-state index in [0.29, 0.717) is 10.9 Å². The molecule has 0 radical (unpaired) electrons. The Bertz CT molecular complexity index is 1040. The molecule has 7 heteroatoms. The smallest absolute Gasteiger partial charge is 0.415 e. The second kappa shape index (κ2) is 5.06. The topological polar surface area (TPSA) is 83.0 Å². The van der Waals surface area contributed by atoms with Crippen LogP contribution >= 0.6 is 0 Å². The minimum Gasteiger partial charge on any atom is -0.464 e. The Morgan fingerprint density at radius 1 is 1.30 bits per heavy atom. The molecule has 0 unspecified atom stereocenters. The van der Waals surface area contributed by atoms with E-state index in [4.69, 9.17) is 9.52 Å². The molecular weight excluding hydrogens is 296 g/mol. The van der Waals surface area contributed by atoms with Gasteiger partial charge in [0.2, 0.25) is 0 Å². The highest BCUT2D eigenvalue weighted by Gasteiger charge is 2.08. The van der Waals surface area contributed by atoms with Crippen molar-refractivity contribution in [2.24, 2.45) is 4.99 Å². The lowest BCUT2D eigenvalue weighted by molar-refractivity contribution is 0.178. The van der Waals surface area contributed by atoms with Gasteiger partial charge in [-0.15, -0.1) is 0 Å². The van der Waals surface area contributed by atoms with Crippen molar-refractivity contribution < 1.29 is 14.3 Å². The Balaban J connectivity index is 2.01. The molecule has 1 aromatic carbocycles. The molecule has 0 saturated heterocycles. The number of carbonyl (C=O) groups is 1. The van der Waals surface area contributed by atoms with Gasteiger partial charge in [-0.25, -0.2) is 9.79 Å². The Kier molecular flexibility index (Phi) is 2.90. The number of carboxylic acid groups (broad SMARTS) is 1. The largest absolute Gasteiger partial charge is 0.464 e. The molecule has 0 aliphatic carbocycles. The maximum absolute atomic E-state index is 11.1. The first kappa shape index (κ1) is 13.2. The molecule has 1 aromatic heterocycles. The summed E-state index contributed by atoms with van der Waals surface area (Å²) in [5.74, 6) is 0. The lowest BCUT2D eigenvalue weighted by Crippen LogP contribution is -2.27. The van der Waals surface area contributed by atoms with Crippen LogP contribution in [-0.2, 0) is 0 Å². The zero-order valence-corrected chi connectivity index (χ0v) is 11.9. The monoisotopic (exact) mass is 308 g/mol. The number of aromatic nitrogens is 1. The maximum Gasteiger partial charge on any atom is 0.415 e. The molecule has 4 rings (SSSR count). The molecule has 0 atom stereocenters. The quantitative estimate of drug-likeness (QED) is 0.773. The summed E-state index contributed by atoms with van der Waals surface area (Å²) in [7, 11) is 0. The van der Waals surface area contributed by atoms with Gasteiger partial charge in [0.15, 0.2) is 0 Å². The first-order valence-corrected chi connectivity index (χ1v) is 6.88. The minimum absolute atomic E-state index is 0.676. The highest BCUT2D eigenvalue weighted by atomic mass is 16.4. The van der Waals surface area contributed by atoms with Gasteiger partial charge < -0.3 is 19.4 Å². The maximum atomic E-state index is 11.1. The minimum atomic E-state index is -1.04. The number of nitrogens with zero attached hydrogens (tertiary/aromatic N) is 3. The summed E-state index contributed by atoms with van der Waals surface area (Å²) in [5.41, 5.74) is 1.54. The summed E-state index contributed by atoms with van der Waals surface area (Å²) in [4.78, 5) is 16.4. The molecule has 2 aromatic rings. The van der Waals surface area contributed by atoms with Gasteiger partial charge in [0, 0.05) is 41.6 Å². The third-order valence-electron chi connectivity index (χ3n) is 3.57. The molecule has 23 heavy (non-hydrogen) atoms. The van der Waals surface area contributed by atoms with E-state index in [9.17, 15) is 4.79 Å². The average molecular weight is 308 g/mol. The van der Waals surface area contributed by atoms with Gasteiger partial charge in [-0.2, -0.15) is 0 Å². The van der Waals surface area contributed by atoms with Crippen LogP contribution in [0.15, 0.2) is 46.3 Å². The van der Waals surface area contributed by atoms with Gasteiger partial charge in [0.25, 0.3) is 0 Å². The number of nitrogens with one attached hydrogen (secondary N) is 1. The molecule has 0 bridgehead atoms. The van der Waals surface area contributed by atoms with Crippen LogP contribution in [0.3, 0.4) is 0 Å².